The van der Waals surface area contributed by atoms with Gasteiger partial charge in [0.15, 0.2) is 0 Å². The Labute approximate surface area is 170 Å². The van der Waals surface area contributed by atoms with Crippen LogP contribution in [-0.2, 0) is 19.5 Å². The summed E-state index contributed by atoms with van der Waals surface area (Å²) in [7, 11) is 0. The van der Waals surface area contributed by atoms with Crippen molar-refractivity contribution in [2.75, 3.05) is 19.7 Å². The average Bonchev–Trinajstić information content (AvgIpc) is 3.44. The molecule has 0 saturated carbocycles. The second-order valence-corrected chi connectivity index (χ2v) is 7.68. The summed E-state index contributed by atoms with van der Waals surface area (Å²) in [6.45, 7) is 6.69. The Morgan fingerprint density at radius 2 is 2.21 bits per heavy atom. The van der Waals surface area contributed by atoms with Gasteiger partial charge < -0.3 is 4.74 Å². The number of aromatic nitrogens is 4. The van der Waals surface area contributed by atoms with Crippen molar-refractivity contribution in [3.8, 4) is 5.75 Å². The number of likely N-dealkylation sites (tertiary alicyclic amines) is 1. The standard InChI is InChI=1S/C21H26ClN5O/c1-2-27-14-16(12-23-27)13-26-9-7-17(15-26)20-11-18(24-25-20)8-10-28-21-6-4-3-5-19(21)22/h3-6,11-12,14,17H,2,7-10,13,15H2,1H3,(H,24,25)/t17-/m1/s1. The number of halogens is 1. The van der Waals surface area contributed by atoms with E-state index < -0.39 is 0 Å². The van der Waals surface area contributed by atoms with Crippen LogP contribution < -0.4 is 4.74 Å². The van der Waals surface area contributed by atoms with E-state index in [0.29, 0.717) is 17.5 Å². The van der Waals surface area contributed by atoms with Crippen LogP contribution in [0.5, 0.6) is 5.75 Å². The van der Waals surface area contributed by atoms with Gasteiger partial charge in [-0.1, -0.05) is 23.7 Å². The highest BCUT2D eigenvalue weighted by molar-refractivity contribution is 6.32. The van der Waals surface area contributed by atoms with Gasteiger partial charge in [-0.05, 0) is 38.1 Å². The molecule has 1 fully saturated rings. The summed E-state index contributed by atoms with van der Waals surface area (Å²) >= 11 is 6.12. The Morgan fingerprint density at radius 3 is 3.04 bits per heavy atom. The second-order valence-electron chi connectivity index (χ2n) is 7.27. The molecule has 3 heterocycles. The molecule has 1 aliphatic rings. The molecule has 1 N–H and O–H groups in total. The predicted octanol–water partition coefficient (Wildman–Crippen LogP) is 3.89. The summed E-state index contributed by atoms with van der Waals surface area (Å²) in [6.07, 6.45) is 6.04. The number of hydrogen-bond donors (Lipinski definition) is 1. The van der Waals surface area contributed by atoms with Gasteiger partial charge in [0.05, 0.1) is 23.5 Å². The molecular formula is C21H26ClN5O. The van der Waals surface area contributed by atoms with Crippen molar-refractivity contribution in [2.24, 2.45) is 0 Å². The van der Waals surface area contributed by atoms with E-state index in [-0.39, 0.29) is 0 Å². The zero-order valence-electron chi connectivity index (χ0n) is 16.1. The molecule has 6 nitrogen and oxygen atoms in total. The molecule has 0 radical (unpaired) electrons. The van der Waals surface area contributed by atoms with Crippen LogP contribution in [0, 0.1) is 0 Å². The monoisotopic (exact) mass is 399 g/mol. The maximum Gasteiger partial charge on any atom is 0.137 e. The summed E-state index contributed by atoms with van der Waals surface area (Å²) in [6, 6.07) is 9.73. The molecule has 3 aromatic rings. The molecule has 4 rings (SSSR count). The first-order valence-corrected chi connectivity index (χ1v) is 10.2. The zero-order chi connectivity index (χ0) is 19.3. The summed E-state index contributed by atoms with van der Waals surface area (Å²) in [5.74, 6) is 1.21. The lowest BCUT2D eigenvalue weighted by Gasteiger charge is -2.14. The SMILES string of the molecule is CCn1cc(CN2CC[C@@H](c3cc(CCOc4ccccc4Cl)[nH]n3)C2)cn1. The second kappa shape index (κ2) is 8.80. The van der Waals surface area contributed by atoms with Crippen molar-refractivity contribution in [3.05, 3.63) is 64.7 Å². The van der Waals surface area contributed by atoms with Gasteiger partial charge >= 0.3 is 0 Å². The molecule has 2 aromatic heterocycles. The lowest BCUT2D eigenvalue weighted by Crippen LogP contribution is -2.19. The molecule has 1 atom stereocenters. The quantitative estimate of drug-likeness (QED) is 0.624. The van der Waals surface area contributed by atoms with Gasteiger partial charge in [-0.2, -0.15) is 10.2 Å². The Balaban J connectivity index is 1.26. The number of hydrogen-bond acceptors (Lipinski definition) is 4. The van der Waals surface area contributed by atoms with Gasteiger partial charge in [-0.3, -0.25) is 14.7 Å². The van der Waals surface area contributed by atoms with Crippen LogP contribution in [-0.4, -0.2) is 44.6 Å². The number of nitrogens with one attached hydrogen (secondary N) is 1. The van der Waals surface area contributed by atoms with Crippen LogP contribution in [0.2, 0.25) is 5.02 Å². The third kappa shape index (κ3) is 4.56. The lowest BCUT2D eigenvalue weighted by molar-refractivity contribution is 0.320. The van der Waals surface area contributed by atoms with Crippen molar-refractivity contribution in [1.82, 2.24) is 24.9 Å². The molecule has 0 aliphatic carbocycles. The molecule has 1 aliphatic heterocycles. The number of aryl methyl sites for hydroxylation is 1. The first-order chi connectivity index (χ1) is 13.7. The predicted molar refractivity (Wildman–Crippen MR) is 110 cm³/mol. The molecule has 0 unspecified atom stereocenters. The number of nitrogens with zero attached hydrogens (tertiary/aromatic N) is 4. The van der Waals surface area contributed by atoms with Crippen molar-refractivity contribution in [2.45, 2.75) is 38.8 Å². The van der Waals surface area contributed by atoms with E-state index in [2.05, 4.69) is 39.4 Å². The van der Waals surface area contributed by atoms with E-state index >= 15 is 0 Å². The zero-order valence-corrected chi connectivity index (χ0v) is 16.9. The minimum absolute atomic E-state index is 0.482. The molecule has 28 heavy (non-hydrogen) atoms. The fraction of sp³-hybridized carbons (Fsp3) is 0.429. The fourth-order valence-corrected chi connectivity index (χ4v) is 3.88. The molecule has 7 heteroatoms. The first kappa shape index (κ1) is 19.0. The van der Waals surface area contributed by atoms with Gasteiger partial charge in [0.2, 0.25) is 0 Å². The van der Waals surface area contributed by atoms with Gasteiger partial charge in [0.1, 0.15) is 5.75 Å². The van der Waals surface area contributed by atoms with Crippen LogP contribution in [0.4, 0.5) is 0 Å². The van der Waals surface area contributed by atoms with Crippen LogP contribution in [0.25, 0.3) is 0 Å². The van der Waals surface area contributed by atoms with E-state index in [1.165, 1.54) is 5.56 Å². The highest BCUT2D eigenvalue weighted by Crippen LogP contribution is 2.27. The van der Waals surface area contributed by atoms with Gasteiger partial charge in [0.25, 0.3) is 0 Å². The van der Waals surface area contributed by atoms with Gasteiger partial charge in [0, 0.05) is 49.4 Å². The molecule has 0 bridgehead atoms. The van der Waals surface area contributed by atoms with Crippen molar-refractivity contribution < 1.29 is 4.74 Å². The molecule has 0 spiro atoms. The van der Waals surface area contributed by atoms with Crippen LogP contribution in [0.15, 0.2) is 42.7 Å². The van der Waals surface area contributed by atoms with Crippen LogP contribution in [0.1, 0.15) is 36.2 Å². The molecule has 1 aromatic carbocycles. The van der Waals surface area contributed by atoms with Gasteiger partial charge in [-0.15, -0.1) is 0 Å². The Kier molecular flexibility index (Phi) is 5.98. The largest absolute Gasteiger partial charge is 0.492 e. The number of aromatic amines is 1. The van der Waals surface area contributed by atoms with Crippen molar-refractivity contribution >= 4 is 11.6 Å². The number of benzene rings is 1. The first-order valence-electron chi connectivity index (χ1n) is 9.86. The highest BCUT2D eigenvalue weighted by atomic mass is 35.5. The van der Waals surface area contributed by atoms with Crippen molar-refractivity contribution in [1.29, 1.82) is 0 Å². The van der Waals surface area contributed by atoms with E-state index in [9.17, 15) is 0 Å². The van der Waals surface area contributed by atoms with Gasteiger partial charge in [-0.25, -0.2) is 0 Å². The van der Waals surface area contributed by atoms with E-state index in [4.69, 9.17) is 16.3 Å². The summed E-state index contributed by atoms with van der Waals surface area (Å²) in [5.41, 5.74) is 3.53. The summed E-state index contributed by atoms with van der Waals surface area (Å²) in [4.78, 5) is 2.48. The normalized spacial score (nSPS) is 17.3. The van der Waals surface area contributed by atoms with E-state index in [0.717, 1.165) is 56.2 Å². The smallest absolute Gasteiger partial charge is 0.137 e. The van der Waals surface area contributed by atoms with E-state index in [1.54, 1.807) is 0 Å². The molecular weight excluding hydrogens is 374 g/mol. The Morgan fingerprint density at radius 1 is 1.32 bits per heavy atom. The van der Waals surface area contributed by atoms with Crippen LogP contribution >= 0.6 is 11.6 Å². The van der Waals surface area contributed by atoms with E-state index in [1.807, 2.05) is 35.1 Å². The Hall–Kier alpha value is -2.31. The minimum Gasteiger partial charge on any atom is -0.492 e. The maximum atomic E-state index is 6.12. The fourth-order valence-electron chi connectivity index (χ4n) is 3.69. The maximum absolute atomic E-state index is 6.12. The highest BCUT2D eigenvalue weighted by Gasteiger charge is 2.26. The minimum atomic E-state index is 0.482. The third-order valence-electron chi connectivity index (χ3n) is 5.22. The van der Waals surface area contributed by atoms with Crippen LogP contribution in [0.3, 0.4) is 0 Å². The van der Waals surface area contributed by atoms with Crippen molar-refractivity contribution in [3.63, 3.8) is 0 Å². The number of H-pyrrole nitrogens is 1. The Bertz CT molecular complexity index is 906. The topological polar surface area (TPSA) is 59.0 Å². The number of ether oxygens (including phenoxy) is 1. The summed E-state index contributed by atoms with van der Waals surface area (Å²) in [5, 5.41) is 12.7. The molecule has 0 amide bonds. The summed E-state index contributed by atoms with van der Waals surface area (Å²) < 4.78 is 7.75. The molecule has 148 valence electrons. The molecule has 1 saturated heterocycles. The number of para-hydroxylation sites is 1. The lowest BCUT2D eigenvalue weighted by atomic mass is 10.0. The average molecular weight is 400 g/mol. The third-order valence-corrected chi connectivity index (χ3v) is 5.54. The number of rotatable bonds is 8.